The number of rotatable bonds is 11. The number of aryl methyl sites for hydroxylation is 1. The van der Waals surface area contributed by atoms with Gasteiger partial charge >= 0.3 is 5.97 Å². The first-order chi connectivity index (χ1) is 19.0. The van der Waals surface area contributed by atoms with Gasteiger partial charge in [-0.2, -0.15) is 5.26 Å². The lowest BCUT2D eigenvalue weighted by Gasteiger charge is -2.27. The predicted molar refractivity (Wildman–Crippen MR) is 146 cm³/mol. The number of hydrogen-bond acceptors (Lipinski definition) is 8. The number of allylic oxidation sites excluding steroid dienone is 1. The van der Waals surface area contributed by atoms with Gasteiger partial charge in [0.05, 0.1) is 19.6 Å². The maximum Gasteiger partial charge on any atom is 0.349 e. The van der Waals surface area contributed by atoms with Gasteiger partial charge in [0.15, 0.2) is 18.1 Å². The fourth-order valence-electron chi connectivity index (χ4n) is 4.28. The Morgan fingerprint density at radius 1 is 1.00 bits per heavy atom. The molecular formula is C31H32N2O6. The quantitative estimate of drug-likeness (QED) is 0.193. The van der Waals surface area contributed by atoms with Crippen LogP contribution >= 0.6 is 0 Å². The predicted octanol–water partition coefficient (Wildman–Crippen LogP) is 5.64. The Morgan fingerprint density at radius 2 is 1.77 bits per heavy atom. The zero-order chi connectivity index (χ0) is 27.8. The Kier molecular flexibility index (Phi) is 8.95. The SMILES string of the molecule is CCCCOc1ccc(C2C(C#N)=C(N)Oc3cc(OC(=O)COc4ccc(CC)cc4)ccc32)cc1OC. The van der Waals surface area contributed by atoms with Gasteiger partial charge in [-0.15, -0.1) is 0 Å². The molecule has 3 aromatic rings. The van der Waals surface area contributed by atoms with Crippen molar-refractivity contribution in [2.45, 2.75) is 39.0 Å². The number of nitrogens with two attached hydrogens (primary N) is 1. The van der Waals surface area contributed by atoms with Crippen LogP contribution in [0.1, 0.15) is 49.3 Å². The van der Waals surface area contributed by atoms with Crippen molar-refractivity contribution >= 4 is 5.97 Å². The van der Waals surface area contributed by atoms with Crippen LogP contribution in [0.15, 0.2) is 72.1 Å². The van der Waals surface area contributed by atoms with Crippen molar-refractivity contribution in [2.75, 3.05) is 20.3 Å². The molecule has 8 heteroatoms. The minimum atomic E-state index is -0.563. The first-order valence-corrected chi connectivity index (χ1v) is 12.9. The maximum atomic E-state index is 12.4. The van der Waals surface area contributed by atoms with Gasteiger partial charge in [0.1, 0.15) is 28.9 Å². The molecule has 1 atom stereocenters. The second-order valence-electron chi connectivity index (χ2n) is 9.00. The molecule has 0 amide bonds. The number of ether oxygens (including phenoxy) is 5. The molecule has 0 fully saturated rings. The molecule has 1 aliphatic heterocycles. The average molecular weight is 529 g/mol. The maximum absolute atomic E-state index is 12.4. The molecule has 0 spiro atoms. The molecule has 4 rings (SSSR count). The second-order valence-corrected chi connectivity index (χ2v) is 9.00. The number of nitrogens with zero attached hydrogens (tertiary/aromatic N) is 1. The highest BCUT2D eigenvalue weighted by Gasteiger charge is 2.31. The molecule has 0 aliphatic carbocycles. The van der Waals surface area contributed by atoms with Crippen molar-refractivity contribution in [3.05, 3.63) is 88.8 Å². The Balaban J connectivity index is 1.53. The van der Waals surface area contributed by atoms with Crippen LogP contribution in [-0.2, 0) is 11.2 Å². The van der Waals surface area contributed by atoms with Crippen LogP contribution in [0.25, 0.3) is 0 Å². The summed E-state index contributed by atoms with van der Waals surface area (Å²) in [6, 6.07) is 20.3. The Morgan fingerprint density at radius 3 is 2.46 bits per heavy atom. The van der Waals surface area contributed by atoms with E-state index in [-0.39, 0.29) is 23.8 Å². The molecule has 0 bridgehead atoms. The van der Waals surface area contributed by atoms with Crippen LogP contribution < -0.4 is 29.4 Å². The van der Waals surface area contributed by atoms with Gasteiger partial charge in [0.2, 0.25) is 5.88 Å². The lowest BCUT2D eigenvalue weighted by Crippen LogP contribution is -2.22. The number of methoxy groups -OCH3 is 1. The summed E-state index contributed by atoms with van der Waals surface area (Å²) in [6.45, 7) is 4.50. The molecule has 2 N–H and O–H groups in total. The number of carbonyl (C=O) groups is 1. The topological polar surface area (TPSA) is 113 Å². The van der Waals surface area contributed by atoms with E-state index in [1.165, 1.54) is 5.56 Å². The normalized spacial score (nSPS) is 14.1. The molecule has 0 saturated carbocycles. The van der Waals surface area contributed by atoms with Crippen LogP contribution in [0.5, 0.6) is 28.7 Å². The number of nitriles is 1. The lowest BCUT2D eigenvalue weighted by atomic mass is 9.83. The molecule has 39 heavy (non-hydrogen) atoms. The highest BCUT2D eigenvalue weighted by Crippen LogP contribution is 2.45. The summed E-state index contributed by atoms with van der Waals surface area (Å²) in [5.41, 5.74) is 9.09. The van der Waals surface area contributed by atoms with E-state index < -0.39 is 11.9 Å². The molecule has 0 radical (unpaired) electrons. The van der Waals surface area contributed by atoms with Crippen molar-refractivity contribution < 1.29 is 28.5 Å². The van der Waals surface area contributed by atoms with E-state index in [2.05, 4.69) is 19.9 Å². The summed E-state index contributed by atoms with van der Waals surface area (Å²) in [4.78, 5) is 12.4. The van der Waals surface area contributed by atoms with Gasteiger partial charge in [-0.05, 0) is 54.3 Å². The molecule has 1 heterocycles. The first-order valence-electron chi connectivity index (χ1n) is 12.9. The van der Waals surface area contributed by atoms with Gasteiger partial charge in [0.25, 0.3) is 0 Å². The first kappa shape index (κ1) is 27.4. The zero-order valence-electron chi connectivity index (χ0n) is 22.4. The third kappa shape index (κ3) is 6.44. The molecule has 202 valence electrons. The van der Waals surface area contributed by atoms with Gasteiger partial charge < -0.3 is 29.4 Å². The number of fused-ring (bicyclic) bond motifs is 1. The summed E-state index contributed by atoms with van der Waals surface area (Å²) >= 11 is 0. The highest BCUT2D eigenvalue weighted by molar-refractivity contribution is 5.74. The van der Waals surface area contributed by atoms with Crippen molar-refractivity contribution in [1.82, 2.24) is 0 Å². The summed E-state index contributed by atoms with van der Waals surface area (Å²) in [5, 5.41) is 9.89. The van der Waals surface area contributed by atoms with Gasteiger partial charge in [-0.3, -0.25) is 0 Å². The summed E-state index contributed by atoms with van der Waals surface area (Å²) < 4.78 is 28.2. The fraction of sp³-hybridized carbons (Fsp3) is 0.290. The third-order valence-corrected chi connectivity index (χ3v) is 6.39. The fourth-order valence-corrected chi connectivity index (χ4v) is 4.28. The van der Waals surface area contributed by atoms with E-state index >= 15 is 0 Å². The molecule has 1 unspecified atom stereocenters. The highest BCUT2D eigenvalue weighted by atomic mass is 16.6. The summed E-state index contributed by atoms with van der Waals surface area (Å²) in [7, 11) is 1.57. The molecule has 1 aliphatic rings. The Bertz CT molecular complexity index is 1390. The Hall–Kier alpha value is -4.64. The van der Waals surface area contributed by atoms with Crippen molar-refractivity contribution in [1.29, 1.82) is 5.26 Å². The van der Waals surface area contributed by atoms with Crippen LogP contribution in [0, 0.1) is 11.3 Å². The van der Waals surface area contributed by atoms with Crippen LogP contribution in [-0.4, -0.2) is 26.3 Å². The average Bonchev–Trinajstić information content (AvgIpc) is 2.95. The second kappa shape index (κ2) is 12.7. The number of hydrogen-bond donors (Lipinski definition) is 1. The van der Waals surface area contributed by atoms with Crippen LogP contribution in [0.4, 0.5) is 0 Å². The summed E-state index contributed by atoms with van der Waals surface area (Å²) in [5.74, 6) is 1.35. The van der Waals surface area contributed by atoms with Crippen molar-refractivity contribution in [3.63, 3.8) is 0 Å². The Labute approximate surface area is 228 Å². The minimum Gasteiger partial charge on any atom is -0.493 e. The van der Waals surface area contributed by atoms with Gasteiger partial charge in [-0.25, -0.2) is 4.79 Å². The van der Waals surface area contributed by atoms with E-state index in [1.54, 1.807) is 25.3 Å². The lowest BCUT2D eigenvalue weighted by molar-refractivity contribution is -0.136. The molecule has 0 aromatic heterocycles. The number of benzene rings is 3. The molecule has 0 saturated heterocycles. The van der Waals surface area contributed by atoms with Gasteiger partial charge in [0, 0.05) is 11.6 Å². The standard InChI is InChI=1S/C31H32N2O6/c1-4-6-15-36-26-14-9-21(16-28(26)35-3)30-24-13-12-23(17-27(24)39-31(33)25(30)18-32)38-29(34)19-37-22-10-7-20(5-2)8-11-22/h7-14,16-17,30H,4-6,15,19,33H2,1-3H3. The van der Waals surface area contributed by atoms with E-state index in [0.29, 0.717) is 35.2 Å². The molecular weight excluding hydrogens is 496 g/mol. The number of esters is 1. The molecule has 8 nitrogen and oxygen atoms in total. The number of unbranched alkanes of at least 4 members (excludes halogenated alkanes) is 1. The van der Waals surface area contributed by atoms with Gasteiger partial charge in [-0.1, -0.05) is 44.5 Å². The van der Waals surface area contributed by atoms with E-state index in [9.17, 15) is 10.1 Å². The van der Waals surface area contributed by atoms with E-state index in [4.69, 9.17) is 29.4 Å². The van der Waals surface area contributed by atoms with Crippen LogP contribution in [0.2, 0.25) is 0 Å². The molecule has 3 aromatic carbocycles. The minimum absolute atomic E-state index is 0.0143. The summed E-state index contributed by atoms with van der Waals surface area (Å²) in [6.07, 6.45) is 2.87. The monoisotopic (exact) mass is 528 g/mol. The van der Waals surface area contributed by atoms with Crippen molar-refractivity contribution in [3.8, 4) is 34.8 Å². The van der Waals surface area contributed by atoms with Crippen LogP contribution in [0.3, 0.4) is 0 Å². The van der Waals surface area contributed by atoms with E-state index in [1.807, 2.05) is 42.5 Å². The third-order valence-electron chi connectivity index (χ3n) is 6.39. The number of carbonyl (C=O) groups excluding carboxylic acids is 1. The van der Waals surface area contributed by atoms with Crippen molar-refractivity contribution in [2.24, 2.45) is 5.73 Å². The van der Waals surface area contributed by atoms with E-state index in [0.717, 1.165) is 24.8 Å². The largest absolute Gasteiger partial charge is 0.493 e. The zero-order valence-corrected chi connectivity index (χ0v) is 22.4. The smallest absolute Gasteiger partial charge is 0.349 e.